The molecule has 1 atom stereocenters. The van der Waals surface area contributed by atoms with Crippen molar-refractivity contribution >= 4 is 5.91 Å². The second-order valence-electron chi connectivity index (χ2n) is 7.40. The summed E-state index contributed by atoms with van der Waals surface area (Å²) < 4.78 is 5.33. The maximum Gasteiger partial charge on any atom is 0.261 e. The van der Waals surface area contributed by atoms with Crippen LogP contribution in [0.4, 0.5) is 0 Å². The van der Waals surface area contributed by atoms with Crippen molar-refractivity contribution in [3.05, 3.63) is 33.7 Å². The van der Waals surface area contributed by atoms with Gasteiger partial charge in [0.2, 0.25) is 0 Å². The lowest BCUT2D eigenvalue weighted by atomic mass is 10.0. The highest BCUT2D eigenvalue weighted by Gasteiger charge is 2.40. The highest BCUT2D eigenvalue weighted by Crippen LogP contribution is 2.24. The Kier molecular flexibility index (Phi) is 5.27. The summed E-state index contributed by atoms with van der Waals surface area (Å²) in [5.74, 6) is -0.114. The summed E-state index contributed by atoms with van der Waals surface area (Å²) in [6, 6.07) is 3.38. The normalized spacial score (nSPS) is 24.9. The minimum Gasteiger partial charge on any atom is -0.387 e. The Morgan fingerprint density at radius 1 is 1.32 bits per heavy atom. The fraction of sp³-hybridized carbons (Fsp3) is 0.667. The van der Waals surface area contributed by atoms with E-state index in [1.165, 1.54) is 0 Å². The average molecular weight is 349 g/mol. The molecular weight excluding hydrogens is 322 g/mol. The van der Waals surface area contributed by atoms with Crippen LogP contribution in [0.2, 0.25) is 0 Å². The minimum atomic E-state index is -0.919. The average Bonchev–Trinajstić information content (AvgIpc) is 2.97. The third kappa shape index (κ3) is 4.11. The van der Waals surface area contributed by atoms with Crippen molar-refractivity contribution < 1.29 is 14.6 Å². The first kappa shape index (κ1) is 18.1. The van der Waals surface area contributed by atoms with E-state index < -0.39 is 5.60 Å². The van der Waals surface area contributed by atoms with Gasteiger partial charge in [0.15, 0.2) is 0 Å². The molecule has 0 spiro atoms. The maximum absolute atomic E-state index is 12.7. The summed E-state index contributed by atoms with van der Waals surface area (Å²) in [5, 5.41) is 10.8. The fourth-order valence-corrected chi connectivity index (χ4v) is 3.50. The van der Waals surface area contributed by atoms with Crippen LogP contribution in [0.3, 0.4) is 0 Å². The summed E-state index contributed by atoms with van der Waals surface area (Å²) in [6.07, 6.45) is 0.526. The molecule has 0 radical (unpaired) electrons. The Labute approximate surface area is 147 Å². The Morgan fingerprint density at radius 2 is 2.04 bits per heavy atom. The summed E-state index contributed by atoms with van der Waals surface area (Å²) in [6.45, 7) is 8.17. The number of ether oxygens (including phenoxy) is 1. The number of aliphatic hydroxyl groups is 1. The van der Waals surface area contributed by atoms with Crippen LogP contribution in [-0.2, 0) is 4.74 Å². The first-order valence-corrected chi connectivity index (χ1v) is 8.93. The van der Waals surface area contributed by atoms with Gasteiger partial charge in [0.1, 0.15) is 5.56 Å². The van der Waals surface area contributed by atoms with Crippen LogP contribution < -0.4 is 5.56 Å². The maximum atomic E-state index is 12.7. The van der Waals surface area contributed by atoms with E-state index in [9.17, 15) is 14.7 Å². The molecule has 0 unspecified atom stereocenters. The number of pyridine rings is 1. The molecule has 7 nitrogen and oxygen atoms in total. The van der Waals surface area contributed by atoms with Gasteiger partial charge in [0.25, 0.3) is 11.5 Å². The highest BCUT2D eigenvalue weighted by molar-refractivity contribution is 5.94. The number of H-pyrrole nitrogens is 1. The van der Waals surface area contributed by atoms with Gasteiger partial charge in [-0.25, -0.2) is 0 Å². The van der Waals surface area contributed by atoms with Crippen LogP contribution in [0.5, 0.6) is 0 Å². The third-order valence-electron chi connectivity index (χ3n) is 5.03. The first-order valence-electron chi connectivity index (χ1n) is 8.93. The quantitative estimate of drug-likeness (QED) is 0.822. The molecule has 1 amide bonds. The van der Waals surface area contributed by atoms with Gasteiger partial charge in [-0.3, -0.25) is 14.5 Å². The van der Waals surface area contributed by atoms with Crippen LogP contribution in [0, 0.1) is 0 Å². The predicted octanol–water partition coefficient (Wildman–Crippen LogP) is 0.408. The van der Waals surface area contributed by atoms with Crippen LogP contribution in [0.25, 0.3) is 0 Å². The molecule has 1 aromatic rings. The smallest absolute Gasteiger partial charge is 0.261 e. The Morgan fingerprint density at radius 3 is 2.68 bits per heavy atom. The number of hydrogen-bond donors (Lipinski definition) is 2. The molecule has 2 aliphatic rings. The number of aromatic nitrogens is 1. The van der Waals surface area contributed by atoms with Gasteiger partial charge < -0.3 is 19.7 Å². The molecule has 138 valence electrons. The highest BCUT2D eigenvalue weighted by atomic mass is 16.5. The first-order chi connectivity index (χ1) is 11.9. The van der Waals surface area contributed by atoms with Crippen molar-refractivity contribution in [3.8, 4) is 0 Å². The van der Waals surface area contributed by atoms with Crippen LogP contribution in [0.15, 0.2) is 16.9 Å². The summed E-state index contributed by atoms with van der Waals surface area (Å²) >= 11 is 0. The summed E-state index contributed by atoms with van der Waals surface area (Å²) in [4.78, 5) is 31.5. The molecule has 25 heavy (non-hydrogen) atoms. The number of amides is 1. The standard InChI is InChI=1S/C18H27N3O4/c1-13(2)15-4-3-14(16(22)19-15)17(23)21-6-5-18(24,12-21)11-20-7-9-25-10-8-20/h3-4,13,24H,5-12H2,1-2H3,(H,19,22)/t18-/m1/s1. The van der Waals surface area contributed by atoms with E-state index in [2.05, 4.69) is 9.88 Å². The van der Waals surface area contributed by atoms with Crippen molar-refractivity contribution in [1.29, 1.82) is 0 Å². The van der Waals surface area contributed by atoms with E-state index in [1.54, 1.807) is 17.0 Å². The molecule has 0 bridgehead atoms. The monoisotopic (exact) mass is 349 g/mol. The van der Waals surface area contributed by atoms with Crippen LogP contribution in [0.1, 0.15) is 42.2 Å². The Balaban J connectivity index is 1.67. The number of morpholine rings is 1. The number of carbonyl (C=O) groups excluding carboxylic acids is 1. The largest absolute Gasteiger partial charge is 0.387 e. The fourth-order valence-electron chi connectivity index (χ4n) is 3.50. The minimum absolute atomic E-state index is 0.139. The van der Waals surface area contributed by atoms with Gasteiger partial charge in [-0.2, -0.15) is 0 Å². The lowest BCUT2D eigenvalue weighted by molar-refractivity contribution is -0.0257. The molecule has 7 heteroatoms. The van der Waals surface area contributed by atoms with Crippen molar-refractivity contribution in [2.45, 2.75) is 31.8 Å². The van der Waals surface area contributed by atoms with Gasteiger partial charge in [-0.1, -0.05) is 13.8 Å². The van der Waals surface area contributed by atoms with Crippen molar-refractivity contribution in [2.75, 3.05) is 45.9 Å². The van der Waals surface area contributed by atoms with Crippen LogP contribution >= 0.6 is 0 Å². The zero-order valence-electron chi connectivity index (χ0n) is 15.0. The lowest BCUT2D eigenvalue weighted by Crippen LogP contribution is -2.49. The third-order valence-corrected chi connectivity index (χ3v) is 5.03. The van der Waals surface area contributed by atoms with Gasteiger partial charge in [0, 0.05) is 31.9 Å². The van der Waals surface area contributed by atoms with E-state index in [0.717, 1.165) is 18.8 Å². The second kappa shape index (κ2) is 7.27. The molecule has 0 aliphatic carbocycles. The van der Waals surface area contributed by atoms with Crippen LogP contribution in [-0.4, -0.2) is 77.3 Å². The number of rotatable bonds is 4. The van der Waals surface area contributed by atoms with Gasteiger partial charge >= 0.3 is 0 Å². The van der Waals surface area contributed by atoms with Gasteiger partial charge in [-0.15, -0.1) is 0 Å². The molecule has 2 aliphatic heterocycles. The molecule has 1 aromatic heterocycles. The molecule has 3 rings (SSSR count). The molecule has 2 N–H and O–H groups in total. The van der Waals surface area contributed by atoms with E-state index in [4.69, 9.17) is 4.74 Å². The number of nitrogens with one attached hydrogen (secondary N) is 1. The molecule has 2 fully saturated rings. The topological polar surface area (TPSA) is 85.9 Å². The van der Waals surface area contributed by atoms with Crippen molar-refractivity contribution in [3.63, 3.8) is 0 Å². The van der Waals surface area contributed by atoms with Crippen molar-refractivity contribution in [2.24, 2.45) is 0 Å². The molecule has 3 heterocycles. The number of likely N-dealkylation sites (tertiary alicyclic amines) is 1. The molecule has 0 saturated carbocycles. The number of aromatic amines is 1. The number of carbonyl (C=O) groups is 1. The van der Waals surface area contributed by atoms with Crippen molar-refractivity contribution in [1.82, 2.24) is 14.8 Å². The van der Waals surface area contributed by atoms with Gasteiger partial charge in [-0.05, 0) is 24.5 Å². The zero-order valence-corrected chi connectivity index (χ0v) is 15.0. The molecule has 0 aromatic carbocycles. The van der Waals surface area contributed by atoms with E-state index in [-0.39, 0.29) is 29.5 Å². The number of nitrogens with zero attached hydrogens (tertiary/aromatic N) is 2. The van der Waals surface area contributed by atoms with Gasteiger partial charge in [0.05, 0.1) is 25.4 Å². The zero-order chi connectivity index (χ0) is 18.0. The molecule has 2 saturated heterocycles. The summed E-state index contributed by atoms with van der Waals surface area (Å²) in [5.41, 5.74) is -0.330. The SMILES string of the molecule is CC(C)c1ccc(C(=O)N2CC[C@@](O)(CN3CCOCC3)C2)c(=O)[nH]1. The second-order valence-corrected chi connectivity index (χ2v) is 7.40. The van der Waals surface area contributed by atoms with E-state index >= 15 is 0 Å². The number of β-amino-alcohol motifs (C(OH)–C–C–N with tert-alkyl or cyclic N) is 1. The lowest BCUT2D eigenvalue weighted by Gasteiger charge is -2.33. The van der Waals surface area contributed by atoms with E-state index in [0.29, 0.717) is 32.7 Å². The Bertz CT molecular complexity index is 681. The molecular formula is C18H27N3O4. The predicted molar refractivity (Wildman–Crippen MR) is 93.9 cm³/mol. The summed E-state index contributed by atoms with van der Waals surface area (Å²) in [7, 11) is 0. The number of hydrogen-bond acceptors (Lipinski definition) is 5. The Hall–Kier alpha value is -1.70. The van der Waals surface area contributed by atoms with E-state index in [1.807, 2.05) is 13.8 Å².